The largest absolute Gasteiger partial charge is 0.495 e. The Bertz CT molecular complexity index is 733. The van der Waals surface area contributed by atoms with Crippen molar-refractivity contribution in [1.29, 1.82) is 0 Å². The van der Waals surface area contributed by atoms with Crippen molar-refractivity contribution in [3.8, 4) is 5.75 Å². The Morgan fingerprint density at radius 3 is 2.81 bits per heavy atom. The number of amides is 1. The summed E-state index contributed by atoms with van der Waals surface area (Å²) in [5.74, 6) is -0.0329. The Morgan fingerprint density at radius 1 is 1.42 bits per heavy atom. The van der Waals surface area contributed by atoms with Crippen LogP contribution in [0.2, 0.25) is 0 Å². The third-order valence-electron chi connectivity index (χ3n) is 4.80. The van der Waals surface area contributed by atoms with Gasteiger partial charge < -0.3 is 10.1 Å². The molecule has 0 aromatic heterocycles. The van der Waals surface area contributed by atoms with Gasteiger partial charge in [-0.2, -0.15) is 4.31 Å². The Kier molecular flexibility index (Phi) is 7.06. The van der Waals surface area contributed by atoms with Crippen LogP contribution in [0.15, 0.2) is 23.1 Å². The number of methoxy groups -OCH3 is 1. The first kappa shape index (κ1) is 20.7. The van der Waals surface area contributed by atoms with E-state index < -0.39 is 10.0 Å². The minimum absolute atomic E-state index is 0.0537. The molecule has 2 unspecified atom stereocenters. The minimum Gasteiger partial charge on any atom is -0.495 e. The van der Waals surface area contributed by atoms with E-state index in [0.29, 0.717) is 25.1 Å². The Hall–Kier alpha value is -1.60. The number of rotatable bonds is 7. The van der Waals surface area contributed by atoms with Gasteiger partial charge in [0.15, 0.2) is 0 Å². The van der Waals surface area contributed by atoms with Crippen molar-refractivity contribution in [2.45, 2.75) is 57.4 Å². The number of nitrogens with one attached hydrogen (secondary N) is 1. The molecular weight excluding hydrogens is 352 g/mol. The van der Waals surface area contributed by atoms with Crippen molar-refractivity contribution >= 4 is 15.9 Å². The molecule has 0 aliphatic carbocycles. The number of sulfonamides is 1. The lowest BCUT2D eigenvalue weighted by Gasteiger charge is -2.32. The molecule has 1 aromatic rings. The highest BCUT2D eigenvalue weighted by Gasteiger charge is 2.35. The third kappa shape index (κ3) is 4.76. The van der Waals surface area contributed by atoms with Gasteiger partial charge in [-0.3, -0.25) is 4.79 Å². The number of nitrogens with zero attached hydrogens (tertiary/aromatic N) is 1. The highest BCUT2D eigenvalue weighted by molar-refractivity contribution is 7.89. The second-order valence-electron chi connectivity index (χ2n) is 7.05. The van der Waals surface area contributed by atoms with Crippen molar-refractivity contribution in [3.05, 3.63) is 23.8 Å². The molecule has 7 heteroatoms. The topological polar surface area (TPSA) is 75.7 Å². The molecule has 0 spiro atoms. The molecule has 2 atom stereocenters. The fourth-order valence-electron chi connectivity index (χ4n) is 3.37. The summed E-state index contributed by atoms with van der Waals surface area (Å²) in [6, 6.07) is 5.22. The lowest BCUT2D eigenvalue weighted by Crippen LogP contribution is -2.47. The average Bonchev–Trinajstić information content (AvgIpc) is 2.62. The summed E-state index contributed by atoms with van der Waals surface area (Å²) in [7, 11) is -2.24. The summed E-state index contributed by atoms with van der Waals surface area (Å²) < 4.78 is 32.9. The number of piperidine rings is 1. The van der Waals surface area contributed by atoms with Crippen LogP contribution in [0.5, 0.6) is 5.75 Å². The summed E-state index contributed by atoms with van der Waals surface area (Å²) >= 11 is 0. The van der Waals surface area contributed by atoms with E-state index in [-0.39, 0.29) is 29.3 Å². The van der Waals surface area contributed by atoms with E-state index in [9.17, 15) is 13.2 Å². The van der Waals surface area contributed by atoms with Gasteiger partial charge in [0.25, 0.3) is 0 Å². The van der Waals surface area contributed by atoms with Gasteiger partial charge in [0, 0.05) is 19.1 Å². The first-order valence-corrected chi connectivity index (χ1v) is 10.7. The van der Waals surface area contributed by atoms with E-state index >= 15 is 0 Å². The van der Waals surface area contributed by atoms with Crippen LogP contribution in [-0.4, -0.2) is 44.9 Å². The Labute approximate surface area is 157 Å². The summed E-state index contributed by atoms with van der Waals surface area (Å²) in [6.07, 6.45) is 3.30. The van der Waals surface area contributed by atoms with E-state index in [1.165, 1.54) is 11.4 Å². The molecule has 0 saturated carbocycles. The Balaban J connectivity index is 2.18. The quantitative estimate of drug-likeness (QED) is 0.787. The lowest BCUT2D eigenvalue weighted by atomic mass is 9.98. The molecule has 1 aliphatic heterocycles. The molecule has 2 rings (SSSR count). The molecule has 1 saturated heterocycles. The van der Waals surface area contributed by atoms with E-state index in [0.717, 1.165) is 18.4 Å². The Morgan fingerprint density at radius 2 is 2.15 bits per heavy atom. The zero-order chi connectivity index (χ0) is 19.3. The van der Waals surface area contributed by atoms with E-state index in [2.05, 4.69) is 12.2 Å². The number of carbonyl (C=O) groups is 1. The van der Waals surface area contributed by atoms with Crippen LogP contribution in [0.25, 0.3) is 0 Å². The molecule has 1 heterocycles. The van der Waals surface area contributed by atoms with Crippen LogP contribution in [0.4, 0.5) is 0 Å². The first-order valence-electron chi connectivity index (χ1n) is 9.24. The summed E-state index contributed by atoms with van der Waals surface area (Å²) in [5, 5.41) is 3.01. The standard InChI is InChI=1S/C19H30N2O4S/c1-5-7-15(3)20-19(22)16-8-6-11-21(13-16)26(23,24)18-12-14(2)9-10-17(18)25-4/h9-10,12,15-16H,5-8,11,13H2,1-4H3,(H,20,22). The maximum Gasteiger partial charge on any atom is 0.246 e. The second-order valence-corrected chi connectivity index (χ2v) is 8.96. The number of hydrogen-bond donors (Lipinski definition) is 1. The van der Waals surface area contributed by atoms with Gasteiger partial charge in [0.1, 0.15) is 10.6 Å². The summed E-state index contributed by atoms with van der Waals surface area (Å²) in [4.78, 5) is 12.7. The van der Waals surface area contributed by atoms with Gasteiger partial charge in [-0.15, -0.1) is 0 Å². The molecule has 1 fully saturated rings. The minimum atomic E-state index is -3.70. The van der Waals surface area contributed by atoms with E-state index in [1.54, 1.807) is 12.1 Å². The smallest absolute Gasteiger partial charge is 0.246 e. The lowest BCUT2D eigenvalue weighted by molar-refractivity contribution is -0.126. The van der Waals surface area contributed by atoms with Gasteiger partial charge in [-0.1, -0.05) is 19.4 Å². The zero-order valence-electron chi connectivity index (χ0n) is 16.1. The van der Waals surface area contributed by atoms with E-state index in [1.807, 2.05) is 19.9 Å². The maximum absolute atomic E-state index is 13.1. The normalized spacial score (nSPS) is 19.8. The summed E-state index contributed by atoms with van der Waals surface area (Å²) in [5.41, 5.74) is 0.851. The van der Waals surface area contributed by atoms with Gasteiger partial charge in [-0.05, 0) is 50.8 Å². The molecule has 1 aromatic carbocycles. The molecule has 1 N–H and O–H groups in total. The molecule has 0 bridgehead atoms. The SMILES string of the molecule is CCCC(C)NC(=O)C1CCCN(S(=O)(=O)c2cc(C)ccc2OC)C1. The van der Waals surface area contributed by atoms with Gasteiger partial charge in [0.2, 0.25) is 15.9 Å². The highest BCUT2D eigenvalue weighted by Crippen LogP contribution is 2.30. The summed E-state index contributed by atoms with van der Waals surface area (Å²) in [6.45, 7) is 6.54. The van der Waals surface area contributed by atoms with Crippen LogP contribution < -0.4 is 10.1 Å². The van der Waals surface area contributed by atoms with Crippen LogP contribution in [0.3, 0.4) is 0 Å². The van der Waals surface area contributed by atoms with Crippen LogP contribution in [0.1, 0.15) is 45.1 Å². The van der Waals surface area contributed by atoms with E-state index in [4.69, 9.17) is 4.74 Å². The molecule has 26 heavy (non-hydrogen) atoms. The average molecular weight is 383 g/mol. The number of benzene rings is 1. The molecule has 0 radical (unpaired) electrons. The third-order valence-corrected chi connectivity index (χ3v) is 6.69. The highest BCUT2D eigenvalue weighted by atomic mass is 32.2. The molecular formula is C19H30N2O4S. The molecule has 6 nitrogen and oxygen atoms in total. The van der Waals surface area contributed by atoms with Crippen molar-refractivity contribution in [2.24, 2.45) is 5.92 Å². The predicted octanol–water partition coefficient (Wildman–Crippen LogP) is 2.71. The number of hydrogen-bond acceptors (Lipinski definition) is 4. The zero-order valence-corrected chi connectivity index (χ0v) is 16.9. The predicted molar refractivity (Wildman–Crippen MR) is 102 cm³/mol. The van der Waals surface area contributed by atoms with Gasteiger partial charge >= 0.3 is 0 Å². The van der Waals surface area contributed by atoms with Crippen LogP contribution >= 0.6 is 0 Å². The molecule has 146 valence electrons. The molecule has 1 amide bonds. The number of ether oxygens (including phenoxy) is 1. The van der Waals surface area contributed by atoms with Crippen LogP contribution in [0, 0.1) is 12.8 Å². The maximum atomic E-state index is 13.1. The molecule has 1 aliphatic rings. The monoisotopic (exact) mass is 382 g/mol. The second kappa shape index (κ2) is 8.86. The van der Waals surface area contributed by atoms with Gasteiger partial charge in [0.05, 0.1) is 13.0 Å². The fraction of sp³-hybridized carbons (Fsp3) is 0.632. The van der Waals surface area contributed by atoms with Crippen molar-refractivity contribution in [2.75, 3.05) is 20.2 Å². The fourth-order valence-corrected chi connectivity index (χ4v) is 5.13. The van der Waals surface area contributed by atoms with Crippen molar-refractivity contribution < 1.29 is 17.9 Å². The van der Waals surface area contributed by atoms with Crippen molar-refractivity contribution in [3.63, 3.8) is 0 Å². The van der Waals surface area contributed by atoms with Crippen LogP contribution in [-0.2, 0) is 14.8 Å². The number of carbonyl (C=O) groups excluding carboxylic acids is 1. The number of aryl methyl sites for hydroxylation is 1. The van der Waals surface area contributed by atoms with Crippen molar-refractivity contribution in [1.82, 2.24) is 9.62 Å². The van der Waals surface area contributed by atoms with Gasteiger partial charge in [-0.25, -0.2) is 8.42 Å². The first-order chi connectivity index (χ1) is 12.3.